The maximum Gasteiger partial charge on any atom is 0.0541 e. The first-order chi connectivity index (χ1) is 35.1. The first-order valence-corrected chi connectivity index (χ1v) is 25.0. The maximum absolute atomic E-state index is 3.94. The Morgan fingerprint density at radius 1 is 0.338 bits per heavy atom. The van der Waals surface area contributed by atoms with Crippen molar-refractivity contribution in [2.75, 3.05) is 4.90 Å². The number of thiophene rings is 1. The normalized spacial score (nSPS) is 11.4. The molecule has 0 aliphatic heterocycles. The van der Waals surface area contributed by atoms with Gasteiger partial charge in [-0.3, -0.25) is 0 Å². The molecule has 0 spiro atoms. The van der Waals surface area contributed by atoms with Crippen LogP contribution < -0.4 is 4.90 Å². The van der Waals surface area contributed by atoms with Crippen molar-refractivity contribution in [3.63, 3.8) is 0 Å². The highest BCUT2D eigenvalue weighted by atomic mass is 32.1. The van der Waals surface area contributed by atoms with Gasteiger partial charge in [-0.15, -0.1) is 11.3 Å². The van der Waals surface area contributed by atoms with Crippen LogP contribution in [0.2, 0.25) is 0 Å². The Kier molecular flexibility index (Phi) is 10.6. The molecule has 0 bridgehead atoms. The molecular formula is C68H46N2S. The van der Waals surface area contributed by atoms with E-state index in [2.05, 4.69) is 277 Å². The zero-order valence-corrected chi connectivity index (χ0v) is 39.7. The van der Waals surface area contributed by atoms with Crippen LogP contribution in [0.3, 0.4) is 0 Å². The van der Waals surface area contributed by atoms with Gasteiger partial charge in [0.15, 0.2) is 0 Å². The van der Waals surface area contributed by atoms with Crippen molar-refractivity contribution in [3.8, 4) is 61.3 Å². The third kappa shape index (κ3) is 7.70. The van der Waals surface area contributed by atoms with Crippen LogP contribution in [0.1, 0.15) is 5.56 Å². The SMILES string of the molecule is C=Cc1ccc(-n2c3ccccc3c3cc(-c4ccc(-c5ccc(N(c6ccc(-c7ccc(-c8ccccc8)cc7)cc6)c6ccc(-c7cccc8c7sc7ccccc78)cc6)cc5)cc4)ccc32)cc1. The smallest absolute Gasteiger partial charge is 0.0541 e. The molecule has 0 fully saturated rings. The number of nitrogens with zero attached hydrogens (tertiary/aromatic N) is 2. The third-order valence-electron chi connectivity index (χ3n) is 14.0. The topological polar surface area (TPSA) is 8.17 Å². The predicted molar refractivity (Wildman–Crippen MR) is 306 cm³/mol. The van der Waals surface area contributed by atoms with Gasteiger partial charge in [0, 0.05) is 53.7 Å². The summed E-state index contributed by atoms with van der Waals surface area (Å²) in [5.41, 5.74) is 19.9. The number of hydrogen-bond donors (Lipinski definition) is 0. The van der Waals surface area contributed by atoms with Gasteiger partial charge in [0.2, 0.25) is 0 Å². The quantitative estimate of drug-likeness (QED) is 0.133. The molecule has 0 radical (unpaired) electrons. The van der Waals surface area contributed by atoms with Gasteiger partial charge in [-0.1, -0.05) is 201 Å². The van der Waals surface area contributed by atoms with Gasteiger partial charge in [0.25, 0.3) is 0 Å². The second kappa shape index (κ2) is 17.8. The van der Waals surface area contributed by atoms with Crippen molar-refractivity contribution in [1.29, 1.82) is 0 Å². The minimum atomic E-state index is 1.09. The fourth-order valence-corrected chi connectivity index (χ4v) is 11.6. The van der Waals surface area contributed by atoms with E-state index in [9.17, 15) is 0 Å². The van der Waals surface area contributed by atoms with Crippen LogP contribution in [0.15, 0.2) is 267 Å². The van der Waals surface area contributed by atoms with Crippen LogP contribution in [0.4, 0.5) is 17.1 Å². The summed E-state index contributed by atoms with van der Waals surface area (Å²) in [7, 11) is 0. The lowest BCUT2D eigenvalue weighted by molar-refractivity contribution is 1.18. The summed E-state index contributed by atoms with van der Waals surface area (Å²) in [5.74, 6) is 0. The van der Waals surface area contributed by atoms with Crippen LogP contribution in [-0.2, 0) is 0 Å². The zero-order chi connectivity index (χ0) is 47.3. The summed E-state index contributed by atoms with van der Waals surface area (Å²) in [5, 5.41) is 5.11. The zero-order valence-electron chi connectivity index (χ0n) is 38.9. The van der Waals surface area contributed by atoms with E-state index in [1.807, 2.05) is 17.4 Å². The molecule has 3 heteroatoms. The van der Waals surface area contributed by atoms with Crippen LogP contribution in [0.5, 0.6) is 0 Å². The second-order valence-corrected chi connectivity index (χ2v) is 19.2. The lowest BCUT2D eigenvalue weighted by Gasteiger charge is -2.26. The van der Waals surface area contributed by atoms with Crippen molar-refractivity contribution < 1.29 is 0 Å². The van der Waals surface area contributed by atoms with Crippen molar-refractivity contribution in [3.05, 3.63) is 273 Å². The number of rotatable bonds is 10. The Labute approximate surface area is 417 Å². The number of anilines is 3. The van der Waals surface area contributed by atoms with E-state index in [0.717, 1.165) is 28.3 Å². The van der Waals surface area contributed by atoms with Gasteiger partial charge in [-0.05, 0) is 134 Å². The van der Waals surface area contributed by atoms with Gasteiger partial charge in [-0.25, -0.2) is 0 Å². The van der Waals surface area contributed by atoms with E-state index in [1.165, 1.54) is 97.6 Å². The summed E-state index contributed by atoms with van der Waals surface area (Å²) < 4.78 is 5.00. The van der Waals surface area contributed by atoms with E-state index >= 15 is 0 Å². The van der Waals surface area contributed by atoms with Crippen molar-refractivity contribution >= 4 is 76.5 Å². The van der Waals surface area contributed by atoms with Gasteiger partial charge in [0.1, 0.15) is 0 Å². The monoisotopic (exact) mass is 922 g/mol. The minimum absolute atomic E-state index is 1.09. The Morgan fingerprint density at radius 2 is 0.789 bits per heavy atom. The molecule has 0 atom stereocenters. The summed E-state index contributed by atoms with van der Waals surface area (Å²) in [6.07, 6.45) is 1.89. The molecule has 0 saturated carbocycles. The third-order valence-corrected chi connectivity index (χ3v) is 15.2. The number of aromatic nitrogens is 1. The highest BCUT2D eigenvalue weighted by Gasteiger charge is 2.17. The average Bonchev–Trinajstić information content (AvgIpc) is 4.00. The van der Waals surface area contributed by atoms with Gasteiger partial charge < -0.3 is 9.47 Å². The summed E-state index contributed by atoms with van der Waals surface area (Å²) in [4.78, 5) is 2.36. The number of benzene rings is 11. The molecule has 0 aliphatic carbocycles. The van der Waals surface area contributed by atoms with Gasteiger partial charge in [-0.2, -0.15) is 0 Å². The largest absolute Gasteiger partial charge is 0.311 e. The Hall–Kier alpha value is -9.02. The molecule has 2 heterocycles. The molecule has 13 aromatic rings. The molecular weight excluding hydrogens is 877 g/mol. The number of hydrogen-bond acceptors (Lipinski definition) is 2. The fraction of sp³-hybridized carbons (Fsp3) is 0. The molecule has 0 aliphatic rings. The Balaban J connectivity index is 0.817. The minimum Gasteiger partial charge on any atom is -0.311 e. The molecule has 2 aromatic heterocycles. The van der Waals surface area contributed by atoms with E-state index in [-0.39, 0.29) is 0 Å². The molecule has 71 heavy (non-hydrogen) atoms. The Bertz CT molecular complexity index is 4050. The molecule has 11 aromatic carbocycles. The standard InChI is InChI=1S/C68H46N2S/c1-2-46-19-36-59(37-20-46)70-65-17-8-6-13-61(65)64-45-55(35-44-66(64)70)53-27-25-50(26-28-53)52-31-40-57(41-32-52)69(56-38-29-51(30-39-56)49-23-21-48(22-24-49)47-11-4-3-5-12-47)58-42-33-54(34-43-58)60-15-10-16-63-62-14-7-9-18-67(62)71-68(60)63/h2-45H,1H2. The molecule has 0 saturated heterocycles. The van der Waals surface area contributed by atoms with Gasteiger partial charge in [0.05, 0.1) is 11.0 Å². The van der Waals surface area contributed by atoms with Crippen molar-refractivity contribution in [2.45, 2.75) is 0 Å². The summed E-state index contributed by atoms with van der Waals surface area (Å²) in [6.45, 7) is 3.94. The maximum atomic E-state index is 3.94. The van der Waals surface area contributed by atoms with E-state index in [1.54, 1.807) is 0 Å². The molecule has 13 rings (SSSR count). The number of fused-ring (bicyclic) bond motifs is 6. The fourth-order valence-electron chi connectivity index (χ4n) is 10.3. The summed E-state index contributed by atoms with van der Waals surface area (Å²) in [6, 6.07) is 95.0. The molecule has 0 N–H and O–H groups in total. The van der Waals surface area contributed by atoms with Crippen LogP contribution in [0.25, 0.3) is 109 Å². The lowest BCUT2D eigenvalue weighted by Crippen LogP contribution is -2.09. The lowest BCUT2D eigenvalue weighted by atomic mass is 9.98. The summed E-state index contributed by atoms with van der Waals surface area (Å²) >= 11 is 1.87. The number of para-hydroxylation sites is 1. The molecule has 2 nitrogen and oxygen atoms in total. The Morgan fingerprint density at radius 3 is 1.38 bits per heavy atom. The van der Waals surface area contributed by atoms with Crippen molar-refractivity contribution in [1.82, 2.24) is 4.57 Å². The van der Waals surface area contributed by atoms with Crippen LogP contribution >= 0.6 is 11.3 Å². The molecule has 0 unspecified atom stereocenters. The highest BCUT2D eigenvalue weighted by Crippen LogP contribution is 2.43. The van der Waals surface area contributed by atoms with Crippen molar-refractivity contribution in [2.24, 2.45) is 0 Å². The highest BCUT2D eigenvalue weighted by molar-refractivity contribution is 7.26. The van der Waals surface area contributed by atoms with Crippen LogP contribution in [0, 0.1) is 0 Å². The van der Waals surface area contributed by atoms with Gasteiger partial charge >= 0.3 is 0 Å². The first-order valence-electron chi connectivity index (χ1n) is 24.2. The second-order valence-electron chi connectivity index (χ2n) is 18.2. The van der Waals surface area contributed by atoms with Crippen LogP contribution in [-0.4, -0.2) is 4.57 Å². The predicted octanol–water partition coefficient (Wildman–Crippen LogP) is 19.6. The van der Waals surface area contributed by atoms with E-state index in [0.29, 0.717) is 0 Å². The molecule has 334 valence electrons. The van der Waals surface area contributed by atoms with E-state index < -0.39 is 0 Å². The van der Waals surface area contributed by atoms with E-state index in [4.69, 9.17) is 0 Å². The molecule has 0 amide bonds. The average molecular weight is 923 g/mol. The first kappa shape index (κ1) is 42.1.